The van der Waals surface area contributed by atoms with Crippen molar-refractivity contribution in [1.29, 1.82) is 0 Å². The number of carbonyl (C=O) groups is 1. The van der Waals surface area contributed by atoms with Crippen LogP contribution < -0.4 is 5.46 Å². The molecule has 2 heteroatoms. The second-order valence-corrected chi connectivity index (χ2v) is 3.40. The van der Waals surface area contributed by atoms with Crippen molar-refractivity contribution in [2.24, 2.45) is 0 Å². The van der Waals surface area contributed by atoms with Gasteiger partial charge in [0.2, 0.25) is 0 Å². The molecule has 1 aliphatic rings. The number of aryl methyl sites for hydroxylation is 1. The van der Waals surface area contributed by atoms with Crippen molar-refractivity contribution < 1.29 is 4.79 Å². The van der Waals surface area contributed by atoms with E-state index < -0.39 is 0 Å². The van der Waals surface area contributed by atoms with Gasteiger partial charge in [-0.05, 0) is 0 Å². The fraction of sp³-hybridized carbons (Fsp3) is 0.273. The van der Waals surface area contributed by atoms with Crippen LogP contribution in [0.4, 0.5) is 0 Å². The first-order valence-corrected chi connectivity index (χ1v) is 4.60. The first kappa shape index (κ1) is 8.42. The van der Waals surface area contributed by atoms with Gasteiger partial charge in [-0.3, -0.25) is 0 Å². The molecule has 0 saturated heterocycles. The van der Waals surface area contributed by atoms with Gasteiger partial charge in [0.1, 0.15) is 0 Å². The molecule has 64 valence electrons. The third-order valence-corrected chi connectivity index (χ3v) is 2.52. The Kier molecular flexibility index (Phi) is 2.13. The summed E-state index contributed by atoms with van der Waals surface area (Å²) in [6.45, 7) is 5.47. The fourth-order valence-electron chi connectivity index (χ4n) is 1.77. The second kappa shape index (κ2) is 3.29. The van der Waals surface area contributed by atoms with Gasteiger partial charge in [0.15, 0.2) is 0 Å². The van der Waals surface area contributed by atoms with Crippen molar-refractivity contribution in [2.75, 3.05) is 0 Å². The molecule has 0 heterocycles. The summed E-state index contributed by atoms with van der Waals surface area (Å²) in [5.74, 6) is 0.282. The summed E-state index contributed by atoms with van der Waals surface area (Å²) < 4.78 is 0. The van der Waals surface area contributed by atoms with Gasteiger partial charge in [-0.15, -0.1) is 0 Å². The van der Waals surface area contributed by atoms with Crippen molar-refractivity contribution in [3.63, 3.8) is 0 Å². The summed E-state index contributed by atoms with van der Waals surface area (Å²) in [6.07, 6.45) is 2.74. The van der Waals surface area contributed by atoms with Crippen LogP contribution in [0.3, 0.4) is 0 Å². The molecular formula is C11H11BO. The van der Waals surface area contributed by atoms with Gasteiger partial charge in [-0.25, -0.2) is 0 Å². The maximum atomic E-state index is 11.5. The average Bonchev–Trinajstić information content (AvgIpc) is 2.18. The Labute approximate surface area is 78.7 Å². The molecule has 1 nitrogen and oxygen atoms in total. The molecule has 0 fully saturated rings. The normalized spacial score (nSPS) is 14.9. The zero-order valence-electron chi connectivity index (χ0n) is 7.55. The Hall–Kier alpha value is -1.18. The fourth-order valence-corrected chi connectivity index (χ4v) is 1.77. The predicted molar refractivity (Wildman–Crippen MR) is 56.2 cm³/mol. The first-order valence-electron chi connectivity index (χ1n) is 4.60. The SMILES string of the molecule is C=Bc1ccc2c(c1)C(=O)CCC2. The number of fused-ring (bicyclic) bond motifs is 1. The van der Waals surface area contributed by atoms with E-state index in [4.69, 9.17) is 0 Å². The zero-order valence-corrected chi connectivity index (χ0v) is 7.55. The van der Waals surface area contributed by atoms with Crippen LogP contribution in [0.15, 0.2) is 18.2 Å². The molecule has 1 aliphatic carbocycles. The van der Waals surface area contributed by atoms with Crippen LogP contribution >= 0.6 is 0 Å². The topological polar surface area (TPSA) is 17.1 Å². The van der Waals surface area contributed by atoms with Crippen molar-refractivity contribution in [3.05, 3.63) is 29.3 Å². The van der Waals surface area contributed by atoms with Gasteiger partial charge in [0.05, 0.1) is 0 Å². The van der Waals surface area contributed by atoms with Gasteiger partial charge in [0, 0.05) is 0 Å². The van der Waals surface area contributed by atoms with Crippen LogP contribution in [0.25, 0.3) is 0 Å². The van der Waals surface area contributed by atoms with Crippen LogP contribution in [-0.2, 0) is 6.42 Å². The molecule has 1 aromatic carbocycles. The summed E-state index contributed by atoms with van der Waals surface area (Å²) in [5, 5.41) is 0. The molecule has 0 radical (unpaired) electrons. The Balaban J connectivity index is 2.53. The van der Waals surface area contributed by atoms with Crippen molar-refractivity contribution in [1.82, 2.24) is 0 Å². The van der Waals surface area contributed by atoms with Crippen LogP contribution in [-0.4, -0.2) is 19.2 Å². The Bertz CT molecular complexity index is 368. The Morgan fingerprint density at radius 1 is 1.31 bits per heavy atom. The van der Waals surface area contributed by atoms with E-state index in [9.17, 15) is 4.79 Å². The first-order chi connectivity index (χ1) is 6.31. The van der Waals surface area contributed by atoms with E-state index >= 15 is 0 Å². The van der Waals surface area contributed by atoms with E-state index in [1.807, 2.05) is 18.2 Å². The number of ketones is 1. The quantitative estimate of drug-likeness (QED) is 0.574. The number of Topliss-reactive ketones (excluding diaryl/α,β-unsaturated/α-hetero) is 1. The second-order valence-electron chi connectivity index (χ2n) is 3.40. The van der Waals surface area contributed by atoms with E-state index in [0.717, 1.165) is 23.9 Å². The zero-order chi connectivity index (χ0) is 9.26. The molecule has 0 aromatic heterocycles. The van der Waals surface area contributed by atoms with E-state index in [-0.39, 0.29) is 5.78 Å². The average molecular weight is 170 g/mol. The number of benzene rings is 1. The molecular weight excluding hydrogens is 159 g/mol. The summed E-state index contributed by atoms with van der Waals surface area (Å²) in [6, 6.07) is 6.01. The van der Waals surface area contributed by atoms with Crippen LogP contribution in [0.1, 0.15) is 28.8 Å². The van der Waals surface area contributed by atoms with E-state index in [1.54, 1.807) is 6.92 Å². The standard InChI is InChI=1S/C11H11BO/c1-12-9-6-5-8-3-2-4-11(13)10(8)7-9/h5-7H,1-4H2. The number of hydrogen-bond donors (Lipinski definition) is 0. The molecule has 13 heavy (non-hydrogen) atoms. The minimum absolute atomic E-state index is 0.282. The van der Waals surface area contributed by atoms with Crippen molar-refractivity contribution in [2.45, 2.75) is 19.3 Å². The molecule has 0 aliphatic heterocycles. The van der Waals surface area contributed by atoms with Gasteiger partial charge in [-0.2, -0.15) is 0 Å². The molecule has 0 atom stereocenters. The number of hydrogen-bond acceptors (Lipinski definition) is 1. The van der Waals surface area contributed by atoms with Crippen molar-refractivity contribution >= 4 is 24.6 Å². The number of carbonyl (C=O) groups excluding carboxylic acids is 1. The number of rotatable bonds is 1. The predicted octanol–water partition coefficient (Wildman–Crippen LogP) is 0.967. The monoisotopic (exact) mass is 170 g/mol. The van der Waals surface area contributed by atoms with Crippen LogP contribution in [0.5, 0.6) is 0 Å². The molecule has 0 N–H and O–H groups in total. The summed E-state index contributed by atoms with van der Waals surface area (Å²) in [7, 11) is 0. The molecule has 0 bridgehead atoms. The van der Waals surface area contributed by atoms with E-state index in [1.165, 1.54) is 5.56 Å². The van der Waals surface area contributed by atoms with Gasteiger partial charge >= 0.3 is 78.0 Å². The summed E-state index contributed by atoms with van der Waals surface area (Å²) >= 11 is 0. The maximum absolute atomic E-state index is 11.5. The summed E-state index contributed by atoms with van der Waals surface area (Å²) in [5.41, 5.74) is 3.14. The molecule has 0 spiro atoms. The van der Waals surface area contributed by atoms with Gasteiger partial charge in [-0.1, -0.05) is 0 Å². The molecule has 0 unspecified atom stereocenters. The Morgan fingerprint density at radius 3 is 2.92 bits per heavy atom. The van der Waals surface area contributed by atoms with Crippen molar-refractivity contribution in [3.8, 4) is 0 Å². The van der Waals surface area contributed by atoms with Gasteiger partial charge < -0.3 is 0 Å². The third kappa shape index (κ3) is 1.49. The molecule has 0 saturated carbocycles. The van der Waals surface area contributed by atoms with Crippen LogP contribution in [0.2, 0.25) is 0 Å². The molecule has 0 amide bonds. The third-order valence-electron chi connectivity index (χ3n) is 2.52. The summed E-state index contributed by atoms with van der Waals surface area (Å²) in [4.78, 5) is 11.5. The van der Waals surface area contributed by atoms with Gasteiger partial charge in [0.25, 0.3) is 0 Å². The molecule has 1 aromatic rings. The van der Waals surface area contributed by atoms with Crippen LogP contribution in [0, 0.1) is 0 Å². The Morgan fingerprint density at radius 2 is 2.15 bits per heavy atom. The minimum atomic E-state index is 0.282. The molecule has 2 rings (SSSR count). The van der Waals surface area contributed by atoms with E-state index in [2.05, 4.69) is 6.47 Å². The van der Waals surface area contributed by atoms with E-state index in [0.29, 0.717) is 6.42 Å².